The van der Waals surface area contributed by atoms with Crippen molar-refractivity contribution in [3.05, 3.63) is 112 Å². The summed E-state index contributed by atoms with van der Waals surface area (Å²) < 4.78 is 0. The molecule has 0 aliphatic heterocycles. The average Bonchev–Trinajstić information content (AvgIpc) is 2.79. The van der Waals surface area contributed by atoms with Gasteiger partial charge in [0.05, 0.1) is 4.92 Å². The van der Waals surface area contributed by atoms with E-state index in [9.17, 15) is 19.7 Å². The maximum absolute atomic E-state index is 12.8. The van der Waals surface area contributed by atoms with Gasteiger partial charge in [-0.05, 0) is 41.1 Å². The third-order valence-electron chi connectivity index (χ3n) is 4.73. The summed E-state index contributed by atoms with van der Waals surface area (Å²) in [6, 6.07) is 25.3. The summed E-state index contributed by atoms with van der Waals surface area (Å²) in [5, 5.41) is 18.2. The number of nitrogens with one attached hydrogen (secondary N) is 2. The van der Waals surface area contributed by atoms with E-state index in [0.29, 0.717) is 22.5 Å². The van der Waals surface area contributed by atoms with Crippen LogP contribution in [0.25, 0.3) is 10.8 Å². The Kier molecular flexibility index (Phi) is 5.40. The fourth-order valence-corrected chi connectivity index (χ4v) is 3.26. The minimum atomic E-state index is -0.529. The Bertz CT molecular complexity index is 1310. The number of non-ortho nitro benzene ring substituents is 1. The number of benzene rings is 4. The molecule has 0 aliphatic rings. The summed E-state index contributed by atoms with van der Waals surface area (Å²) in [7, 11) is 0. The molecule has 4 aromatic carbocycles. The van der Waals surface area contributed by atoms with Crippen LogP contribution in [0.5, 0.6) is 0 Å². The number of hydrogen-bond donors (Lipinski definition) is 2. The van der Waals surface area contributed by atoms with Gasteiger partial charge in [-0.25, -0.2) is 0 Å². The number of nitrogens with zero attached hydrogens (tertiary/aromatic N) is 1. The molecule has 0 aromatic heterocycles. The first-order valence-electron chi connectivity index (χ1n) is 9.46. The van der Waals surface area contributed by atoms with Crippen LogP contribution >= 0.6 is 0 Å². The van der Waals surface area contributed by atoms with Crippen LogP contribution < -0.4 is 10.6 Å². The molecule has 0 bridgehead atoms. The van der Waals surface area contributed by atoms with Gasteiger partial charge < -0.3 is 10.6 Å². The summed E-state index contributed by atoms with van der Waals surface area (Å²) in [5.41, 5.74) is 1.50. The second-order valence-corrected chi connectivity index (χ2v) is 6.82. The Morgan fingerprint density at radius 2 is 1.35 bits per heavy atom. The molecule has 7 nitrogen and oxygen atoms in total. The lowest BCUT2D eigenvalue weighted by molar-refractivity contribution is -0.384. The van der Waals surface area contributed by atoms with Gasteiger partial charge in [0, 0.05) is 34.6 Å². The molecule has 2 N–H and O–H groups in total. The molecule has 0 fully saturated rings. The molecule has 2 amide bonds. The molecule has 0 aliphatic carbocycles. The van der Waals surface area contributed by atoms with Gasteiger partial charge in [0.2, 0.25) is 0 Å². The standard InChI is InChI=1S/C24H17N3O4/c28-23(25-19-10-5-11-20(15-19)27(30)31)17-8-3-9-18(14-17)26-24(29)22-13-4-7-16-6-1-2-12-21(16)22/h1-15H,(H,25,28)(H,26,29). The number of anilines is 2. The van der Waals surface area contributed by atoms with Gasteiger partial charge in [-0.3, -0.25) is 19.7 Å². The normalized spacial score (nSPS) is 10.5. The zero-order valence-electron chi connectivity index (χ0n) is 16.2. The predicted molar refractivity (Wildman–Crippen MR) is 119 cm³/mol. The molecule has 0 saturated heterocycles. The lowest BCUT2D eigenvalue weighted by Gasteiger charge is -2.10. The van der Waals surface area contributed by atoms with E-state index in [-0.39, 0.29) is 11.6 Å². The van der Waals surface area contributed by atoms with E-state index in [1.165, 1.54) is 18.2 Å². The van der Waals surface area contributed by atoms with Crippen molar-refractivity contribution in [3.63, 3.8) is 0 Å². The van der Waals surface area contributed by atoms with E-state index < -0.39 is 10.8 Å². The Morgan fingerprint density at radius 1 is 0.710 bits per heavy atom. The lowest BCUT2D eigenvalue weighted by Crippen LogP contribution is -2.15. The lowest BCUT2D eigenvalue weighted by atomic mass is 10.0. The zero-order valence-corrected chi connectivity index (χ0v) is 16.2. The first kappa shape index (κ1) is 19.8. The largest absolute Gasteiger partial charge is 0.322 e. The SMILES string of the molecule is O=C(Nc1cccc([N+](=O)[O-])c1)c1cccc(NC(=O)c2cccc3ccccc23)c1. The van der Waals surface area contributed by atoms with Gasteiger partial charge in [0.1, 0.15) is 0 Å². The van der Waals surface area contributed by atoms with E-state index in [0.717, 1.165) is 10.8 Å². The van der Waals surface area contributed by atoms with Crippen molar-refractivity contribution in [3.8, 4) is 0 Å². The fraction of sp³-hybridized carbons (Fsp3) is 0. The monoisotopic (exact) mass is 411 g/mol. The summed E-state index contributed by atoms with van der Waals surface area (Å²) >= 11 is 0. The van der Waals surface area contributed by atoms with Crippen LogP contribution in [-0.4, -0.2) is 16.7 Å². The molecule has 4 rings (SSSR count). The summed E-state index contributed by atoms with van der Waals surface area (Å²) in [6.07, 6.45) is 0. The molecule has 0 atom stereocenters. The van der Waals surface area contributed by atoms with Gasteiger partial charge >= 0.3 is 0 Å². The molecule has 0 spiro atoms. The second-order valence-electron chi connectivity index (χ2n) is 6.82. The molecule has 152 valence electrons. The Morgan fingerprint density at radius 3 is 2.16 bits per heavy atom. The molecule has 0 heterocycles. The number of carbonyl (C=O) groups excluding carboxylic acids is 2. The van der Waals surface area contributed by atoms with Crippen molar-refractivity contribution < 1.29 is 14.5 Å². The summed E-state index contributed by atoms with van der Waals surface area (Å²) in [5.74, 6) is -0.727. The van der Waals surface area contributed by atoms with Gasteiger partial charge in [-0.2, -0.15) is 0 Å². The van der Waals surface area contributed by atoms with Crippen LogP contribution in [0.2, 0.25) is 0 Å². The molecule has 4 aromatic rings. The van der Waals surface area contributed by atoms with Crippen molar-refractivity contribution in [1.82, 2.24) is 0 Å². The van der Waals surface area contributed by atoms with Crippen LogP contribution in [-0.2, 0) is 0 Å². The van der Waals surface area contributed by atoms with E-state index in [1.54, 1.807) is 36.4 Å². The highest BCUT2D eigenvalue weighted by molar-refractivity contribution is 6.13. The van der Waals surface area contributed by atoms with Crippen LogP contribution in [0.15, 0.2) is 91.0 Å². The van der Waals surface area contributed by atoms with Crippen molar-refractivity contribution in [2.45, 2.75) is 0 Å². The second kappa shape index (κ2) is 8.46. The van der Waals surface area contributed by atoms with Crippen molar-refractivity contribution in [2.24, 2.45) is 0 Å². The third kappa shape index (κ3) is 4.40. The smallest absolute Gasteiger partial charge is 0.271 e. The molecular weight excluding hydrogens is 394 g/mol. The third-order valence-corrected chi connectivity index (χ3v) is 4.73. The summed E-state index contributed by atoms with van der Waals surface area (Å²) in [4.78, 5) is 35.8. The zero-order chi connectivity index (χ0) is 21.8. The van der Waals surface area contributed by atoms with E-state index in [4.69, 9.17) is 0 Å². The number of nitro benzene ring substituents is 1. The van der Waals surface area contributed by atoms with Crippen LogP contribution in [0.3, 0.4) is 0 Å². The average molecular weight is 411 g/mol. The summed E-state index contributed by atoms with van der Waals surface area (Å²) in [6.45, 7) is 0. The minimum Gasteiger partial charge on any atom is -0.322 e. The molecule has 0 radical (unpaired) electrons. The Balaban J connectivity index is 1.53. The van der Waals surface area contributed by atoms with Crippen LogP contribution in [0, 0.1) is 10.1 Å². The van der Waals surface area contributed by atoms with Gasteiger partial charge in [-0.15, -0.1) is 0 Å². The fourth-order valence-electron chi connectivity index (χ4n) is 3.26. The molecule has 31 heavy (non-hydrogen) atoms. The van der Waals surface area contributed by atoms with Gasteiger partial charge in [0.25, 0.3) is 17.5 Å². The predicted octanol–water partition coefficient (Wildman–Crippen LogP) is 5.25. The number of nitro groups is 1. The molecular formula is C24H17N3O4. The highest BCUT2D eigenvalue weighted by atomic mass is 16.6. The topological polar surface area (TPSA) is 101 Å². The number of hydrogen-bond acceptors (Lipinski definition) is 4. The first-order chi connectivity index (χ1) is 15.0. The maximum Gasteiger partial charge on any atom is 0.271 e. The van der Waals surface area contributed by atoms with Crippen molar-refractivity contribution >= 4 is 39.6 Å². The number of amides is 2. The minimum absolute atomic E-state index is 0.117. The molecule has 0 unspecified atom stereocenters. The quantitative estimate of drug-likeness (QED) is 0.346. The van der Waals surface area contributed by atoms with Crippen molar-refractivity contribution in [1.29, 1.82) is 0 Å². The number of carbonyl (C=O) groups is 2. The van der Waals surface area contributed by atoms with Crippen molar-refractivity contribution in [2.75, 3.05) is 10.6 Å². The molecule has 7 heteroatoms. The number of rotatable bonds is 5. The Hall–Kier alpha value is -4.52. The maximum atomic E-state index is 12.8. The van der Waals surface area contributed by atoms with Gasteiger partial charge in [0.15, 0.2) is 0 Å². The van der Waals surface area contributed by atoms with E-state index in [1.807, 2.05) is 36.4 Å². The Labute approximate surface area is 177 Å². The van der Waals surface area contributed by atoms with Crippen LogP contribution in [0.1, 0.15) is 20.7 Å². The van der Waals surface area contributed by atoms with Gasteiger partial charge in [-0.1, -0.05) is 48.5 Å². The highest BCUT2D eigenvalue weighted by Crippen LogP contribution is 2.21. The first-order valence-corrected chi connectivity index (χ1v) is 9.46. The molecule has 0 saturated carbocycles. The van der Waals surface area contributed by atoms with Crippen LogP contribution in [0.4, 0.5) is 17.1 Å². The number of fused-ring (bicyclic) bond motifs is 1. The van der Waals surface area contributed by atoms with E-state index in [2.05, 4.69) is 10.6 Å². The highest BCUT2D eigenvalue weighted by Gasteiger charge is 2.13. The van der Waals surface area contributed by atoms with E-state index >= 15 is 0 Å².